The zero-order chi connectivity index (χ0) is 18.7. The van der Waals surface area contributed by atoms with Gasteiger partial charge in [0, 0.05) is 12.0 Å². The summed E-state index contributed by atoms with van der Waals surface area (Å²) in [7, 11) is 0. The van der Waals surface area contributed by atoms with Crippen LogP contribution in [-0.4, -0.2) is 28.7 Å². The van der Waals surface area contributed by atoms with E-state index in [0.29, 0.717) is 24.8 Å². The van der Waals surface area contributed by atoms with E-state index in [1.165, 1.54) is 0 Å². The molecule has 1 N–H and O–H groups in total. The van der Waals surface area contributed by atoms with Crippen LogP contribution < -0.4 is 5.43 Å². The van der Waals surface area contributed by atoms with E-state index >= 15 is 0 Å². The highest BCUT2D eigenvalue weighted by Crippen LogP contribution is 2.35. The van der Waals surface area contributed by atoms with Gasteiger partial charge in [-0.15, -0.1) is 0 Å². The number of nitrogens with one attached hydrogen (secondary N) is 1. The largest absolute Gasteiger partial charge is 0.405 e. The number of aryl methyl sites for hydroxylation is 1. The van der Waals surface area contributed by atoms with E-state index in [1.807, 2.05) is 6.07 Å². The highest BCUT2D eigenvalue weighted by atomic mass is 19.4. The van der Waals surface area contributed by atoms with Crippen LogP contribution in [-0.2, 0) is 11.2 Å². The summed E-state index contributed by atoms with van der Waals surface area (Å²) < 4.78 is 40.4. The molecule has 1 aliphatic heterocycles. The summed E-state index contributed by atoms with van der Waals surface area (Å²) in [6.45, 7) is 3.27. The van der Waals surface area contributed by atoms with E-state index in [-0.39, 0.29) is 18.7 Å². The average molecular weight is 353 g/mol. The van der Waals surface area contributed by atoms with Gasteiger partial charge in [-0.05, 0) is 50.8 Å². The number of carbonyl (C=O) groups is 1. The van der Waals surface area contributed by atoms with Crippen LogP contribution in [0.3, 0.4) is 0 Å². The summed E-state index contributed by atoms with van der Waals surface area (Å²) in [6, 6.07) is 7.45. The summed E-state index contributed by atoms with van der Waals surface area (Å²) in [5.41, 5.74) is 2.99. The second-order valence-corrected chi connectivity index (χ2v) is 7.01. The number of alkyl halides is 3. The molecule has 7 heteroatoms. The number of hydrazine groups is 1. The molecule has 0 aromatic heterocycles. The van der Waals surface area contributed by atoms with E-state index in [2.05, 4.69) is 11.5 Å². The van der Waals surface area contributed by atoms with Crippen molar-refractivity contribution in [3.63, 3.8) is 0 Å². The van der Waals surface area contributed by atoms with Gasteiger partial charge in [0.15, 0.2) is 0 Å². The van der Waals surface area contributed by atoms with Crippen LogP contribution in [0.1, 0.15) is 50.7 Å². The number of carbonyl (C=O) groups excluding carboxylic acids is 1. The lowest BCUT2D eigenvalue weighted by atomic mass is 9.97. The number of nitrogens with zero attached hydrogens (tertiary/aromatic N) is 2. The number of unbranched alkanes of at least 4 members (excludes halogenated alkanes) is 1. The summed E-state index contributed by atoms with van der Waals surface area (Å²) in [6.07, 6.45) is -2.84. The van der Waals surface area contributed by atoms with Crippen molar-refractivity contribution in [3.8, 4) is 6.07 Å². The van der Waals surface area contributed by atoms with Crippen molar-refractivity contribution >= 4 is 5.91 Å². The average Bonchev–Trinajstić information content (AvgIpc) is 2.78. The zero-order valence-electron chi connectivity index (χ0n) is 14.4. The van der Waals surface area contributed by atoms with Gasteiger partial charge < -0.3 is 0 Å². The molecule has 2 rings (SSSR count). The maximum Gasteiger partial charge on any atom is 0.405 e. The van der Waals surface area contributed by atoms with Gasteiger partial charge in [0.25, 0.3) is 0 Å². The molecule has 1 saturated heterocycles. The molecule has 1 unspecified atom stereocenters. The molecule has 0 aliphatic carbocycles. The molecule has 1 aromatic carbocycles. The minimum Gasteiger partial charge on any atom is -0.288 e. The summed E-state index contributed by atoms with van der Waals surface area (Å²) in [5, 5.41) is 9.93. The van der Waals surface area contributed by atoms with Crippen LogP contribution in [0.25, 0.3) is 0 Å². The predicted molar refractivity (Wildman–Crippen MR) is 87.2 cm³/mol. The van der Waals surface area contributed by atoms with E-state index in [4.69, 9.17) is 5.26 Å². The Morgan fingerprint density at radius 1 is 1.36 bits per heavy atom. The van der Waals surface area contributed by atoms with Crippen LogP contribution in [0.5, 0.6) is 0 Å². The molecule has 1 atom stereocenters. The van der Waals surface area contributed by atoms with Gasteiger partial charge >= 0.3 is 6.18 Å². The highest BCUT2D eigenvalue weighted by Gasteiger charge is 2.51. The van der Waals surface area contributed by atoms with Crippen LogP contribution in [0.15, 0.2) is 24.3 Å². The SMILES string of the molecule is CC1(C)CC(=O)NN1C(CCCCc1cccc(C#N)c1)C(F)(F)F. The molecule has 1 heterocycles. The molecule has 136 valence electrons. The minimum atomic E-state index is -4.41. The smallest absolute Gasteiger partial charge is 0.288 e. The van der Waals surface area contributed by atoms with Crippen molar-refractivity contribution in [2.45, 2.75) is 63.7 Å². The Labute approximate surface area is 145 Å². The summed E-state index contributed by atoms with van der Waals surface area (Å²) in [4.78, 5) is 11.5. The molecular formula is C18H22F3N3O. The molecule has 0 spiro atoms. The lowest BCUT2D eigenvalue weighted by molar-refractivity contribution is -0.202. The van der Waals surface area contributed by atoms with E-state index in [9.17, 15) is 18.0 Å². The number of rotatable bonds is 6. The van der Waals surface area contributed by atoms with E-state index < -0.39 is 17.8 Å². The van der Waals surface area contributed by atoms with Gasteiger partial charge in [0.2, 0.25) is 5.91 Å². The molecule has 0 bridgehead atoms. The number of hydrogen-bond acceptors (Lipinski definition) is 3. The number of nitriles is 1. The monoisotopic (exact) mass is 353 g/mol. The fraction of sp³-hybridized carbons (Fsp3) is 0.556. The van der Waals surface area contributed by atoms with Crippen LogP contribution in [0.2, 0.25) is 0 Å². The van der Waals surface area contributed by atoms with Gasteiger partial charge in [-0.2, -0.15) is 18.4 Å². The number of benzene rings is 1. The first kappa shape index (κ1) is 19.3. The van der Waals surface area contributed by atoms with Crippen molar-refractivity contribution in [1.82, 2.24) is 10.4 Å². The fourth-order valence-electron chi connectivity index (χ4n) is 3.21. The van der Waals surface area contributed by atoms with Gasteiger partial charge in [-0.3, -0.25) is 10.2 Å². The summed E-state index contributed by atoms with van der Waals surface area (Å²) >= 11 is 0. The Morgan fingerprint density at radius 2 is 2.08 bits per heavy atom. The normalized spacial score (nSPS) is 18.6. The quantitative estimate of drug-likeness (QED) is 0.793. The van der Waals surface area contributed by atoms with Gasteiger partial charge in [-0.25, -0.2) is 5.01 Å². The van der Waals surface area contributed by atoms with Gasteiger partial charge in [0.1, 0.15) is 6.04 Å². The molecule has 0 saturated carbocycles. The first-order valence-corrected chi connectivity index (χ1v) is 8.28. The molecule has 1 aliphatic rings. The first-order chi connectivity index (χ1) is 11.6. The topological polar surface area (TPSA) is 56.1 Å². The van der Waals surface area contributed by atoms with Gasteiger partial charge in [-0.1, -0.05) is 18.6 Å². The van der Waals surface area contributed by atoms with Crippen molar-refractivity contribution in [3.05, 3.63) is 35.4 Å². The van der Waals surface area contributed by atoms with Gasteiger partial charge in [0.05, 0.1) is 11.6 Å². The Bertz CT molecular complexity index is 664. The maximum atomic E-state index is 13.5. The van der Waals surface area contributed by atoms with Crippen molar-refractivity contribution in [1.29, 1.82) is 5.26 Å². The molecule has 0 radical (unpaired) electrons. The molecule has 1 fully saturated rings. The molecule has 1 aromatic rings. The fourth-order valence-corrected chi connectivity index (χ4v) is 3.21. The van der Waals surface area contributed by atoms with E-state index in [1.54, 1.807) is 32.0 Å². The standard InChI is InChI=1S/C18H22F3N3O/c1-17(2)11-16(25)23-24(17)15(18(19,20)21)9-4-3-6-13-7-5-8-14(10-13)12-22/h5,7-8,10,15H,3-4,6,9,11H2,1-2H3,(H,23,25). The Balaban J connectivity index is 1.95. The van der Waals surface area contributed by atoms with Crippen molar-refractivity contribution in [2.75, 3.05) is 0 Å². The number of amides is 1. The zero-order valence-corrected chi connectivity index (χ0v) is 14.4. The lowest BCUT2D eigenvalue weighted by Gasteiger charge is -2.37. The Kier molecular flexibility index (Phi) is 5.73. The highest BCUT2D eigenvalue weighted by molar-refractivity contribution is 5.78. The third-order valence-corrected chi connectivity index (χ3v) is 4.43. The predicted octanol–water partition coefficient (Wildman–Crippen LogP) is 3.72. The Morgan fingerprint density at radius 3 is 2.64 bits per heavy atom. The number of halogens is 3. The lowest BCUT2D eigenvalue weighted by Crippen LogP contribution is -2.56. The Hall–Kier alpha value is -2.07. The molecule has 25 heavy (non-hydrogen) atoms. The second-order valence-electron chi connectivity index (χ2n) is 7.01. The number of hydrogen-bond donors (Lipinski definition) is 1. The van der Waals surface area contributed by atoms with Crippen LogP contribution in [0, 0.1) is 11.3 Å². The molecule has 1 amide bonds. The van der Waals surface area contributed by atoms with Crippen molar-refractivity contribution < 1.29 is 18.0 Å². The van der Waals surface area contributed by atoms with Crippen LogP contribution in [0.4, 0.5) is 13.2 Å². The van der Waals surface area contributed by atoms with Crippen molar-refractivity contribution in [2.24, 2.45) is 0 Å². The first-order valence-electron chi connectivity index (χ1n) is 8.28. The third-order valence-electron chi connectivity index (χ3n) is 4.43. The molecular weight excluding hydrogens is 331 g/mol. The molecule has 4 nitrogen and oxygen atoms in total. The second kappa shape index (κ2) is 7.44. The third kappa shape index (κ3) is 4.95. The summed E-state index contributed by atoms with van der Waals surface area (Å²) in [5.74, 6) is -0.382. The minimum absolute atomic E-state index is 0.0561. The maximum absolute atomic E-state index is 13.5. The van der Waals surface area contributed by atoms with Crippen LogP contribution >= 0.6 is 0 Å². The van der Waals surface area contributed by atoms with E-state index in [0.717, 1.165) is 10.6 Å².